The molecule has 2 aromatic rings. The number of ether oxygens (including phenoxy) is 1. The molecule has 2 aliphatic rings. The van der Waals surface area contributed by atoms with Crippen LogP contribution in [-0.2, 0) is 20.8 Å². The second-order valence-electron chi connectivity index (χ2n) is 9.30. The van der Waals surface area contributed by atoms with Gasteiger partial charge in [0.05, 0.1) is 11.1 Å². The number of hydrogen-bond donors (Lipinski definition) is 0. The van der Waals surface area contributed by atoms with Crippen LogP contribution in [0, 0.1) is 5.92 Å². The third-order valence-corrected chi connectivity index (χ3v) is 5.59. The predicted octanol–water partition coefficient (Wildman–Crippen LogP) is 3.61. The molecule has 4 rings (SSSR count). The SMILES string of the molecule is CC(C)(C)OC(=O)N1C[C@@H](Cc2ccccc2)C[C@H]1C(=O)ON1C(=O)c2ccccc2C1=O. The van der Waals surface area contributed by atoms with Crippen molar-refractivity contribution < 1.29 is 28.8 Å². The van der Waals surface area contributed by atoms with E-state index in [1.165, 1.54) is 17.0 Å². The van der Waals surface area contributed by atoms with E-state index in [0.717, 1.165) is 5.56 Å². The maximum absolute atomic E-state index is 13.1. The molecule has 8 nitrogen and oxygen atoms in total. The number of nitrogens with zero attached hydrogens (tertiary/aromatic N) is 2. The molecule has 0 spiro atoms. The summed E-state index contributed by atoms with van der Waals surface area (Å²) in [7, 11) is 0. The minimum absolute atomic E-state index is 0.0142. The van der Waals surface area contributed by atoms with E-state index in [1.807, 2.05) is 30.3 Å². The van der Waals surface area contributed by atoms with Crippen LogP contribution in [0.2, 0.25) is 0 Å². The summed E-state index contributed by atoms with van der Waals surface area (Å²) in [5.41, 5.74) is 0.687. The van der Waals surface area contributed by atoms with Gasteiger partial charge in [-0.05, 0) is 57.2 Å². The number of hydroxylamine groups is 2. The molecular weight excluding hydrogens is 424 g/mol. The lowest BCUT2D eigenvalue weighted by molar-refractivity contribution is -0.173. The lowest BCUT2D eigenvalue weighted by Crippen LogP contribution is -2.46. The number of rotatable bonds is 4. The van der Waals surface area contributed by atoms with Crippen molar-refractivity contribution in [3.63, 3.8) is 0 Å². The molecule has 0 bridgehead atoms. The molecule has 0 saturated carbocycles. The lowest BCUT2D eigenvalue weighted by atomic mass is 9.97. The Morgan fingerprint density at radius 3 is 2.09 bits per heavy atom. The van der Waals surface area contributed by atoms with Crippen LogP contribution in [0.3, 0.4) is 0 Å². The minimum Gasteiger partial charge on any atom is -0.444 e. The highest BCUT2D eigenvalue weighted by Gasteiger charge is 2.46. The van der Waals surface area contributed by atoms with E-state index in [9.17, 15) is 19.2 Å². The molecule has 172 valence electrons. The highest BCUT2D eigenvalue weighted by Crippen LogP contribution is 2.30. The fraction of sp³-hybridized carbons (Fsp3) is 0.360. The van der Waals surface area contributed by atoms with Gasteiger partial charge in [-0.25, -0.2) is 9.59 Å². The highest BCUT2D eigenvalue weighted by atomic mass is 16.7. The summed E-state index contributed by atoms with van der Waals surface area (Å²) >= 11 is 0. The van der Waals surface area contributed by atoms with Crippen molar-refractivity contribution in [2.45, 2.75) is 45.3 Å². The van der Waals surface area contributed by atoms with Crippen molar-refractivity contribution in [3.05, 3.63) is 71.3 Å². The third-order valence-electron chi connectivity index (χ3n) is 5.59. The van der Waals surface area contributed by atoms with Crippen LogP contribution < -0.4 is 0 Å². The summed E-state index contributed by atoms with van der Waals surface area (Å²) in [6.45, 7) is 5.53. The summed E-state index contributed by atoms with van der Waals surface area (Å²) < 4.78 is 5.50. The Kier molecular flexibility index (Phi) is 5.93. The van der Waals surface area contributed by atoms with Crippen molar-refractivity contribution in [2.24, 2.45) is 5.92 Å². The quantitative estimate of drug-likeness (QED) is 0.661. The molecule has 0 aliphatic carbocycles. The highest BCUT2D eigenvalue weighted by molar-refractivity contribution is 6.20. The zero-order chi connectivity index (χ0) is 23.8. The summed E-state index contributed by atoms with van der Waals surface area (Å²) in [6, 6.07) is 15.1. The van der Waals surface area contributed by atoms with Crippen LogP contribution in [0.5, 0.6) is 0 Å². The van der Waals surface area contributed by atoms with E-state index in [-0.39, 0.29) is 17.0 Å². The molecule has 1 fully saturated rings. The number of benzene rings is 2. The van der Waals surface area contributed by atoms with Gasteiger partial charge in [0.25, 0.3) is 11.8 Å². The first-order valence-electron chi connectivity index (χ1n) is 10.9. The van der Waals surface area contributed by atoms with Gasteiger partial charge in [-0.3, -0.25) is 14.5 Å². The van der Waals surface area contributed by atoms with Gasteiger partial charge in [0.2, 0.25) is 0 Å². The second-order valence-corrected chi connectivity index (χ2v) is 9.30. The fourth-order valence-electron chi connectivity index (χ4n) is 4.16. The molecule has 1 saturated heterocycles. The maximum Gasteiger partial charge on any atom is 0.411 e. The van der Waals surface area contributed by atoms with E-state index >= 15 is 0 Å². The van der Waals surface area contributed by atoms with Gasteiger partial charge in [0.1, 0.15) is 11.6 Å². The molecule has 33 heavy (non-hydrogen) atoms. The first-order chi connectivity index (χ1) is 15.6. The molecule has 3 amide bonds. The first kappa shape index (κ1) is 22.5. The molecule has 2 atom stereocenters. The Bertz CT molecular complexity index is 1060. The number of carbonyl (C=O) groups is 4. The van der Waals surface area contributed by atoms with Crippen LogP contribution in [0.1, 0.15) is 53.5 Å². The summed E-state index contributed by atoms with van der Waals surface area (Å²) in [5.74, 6) is -2.26. The summed E-state index contributed by atoms with van der Waals surface area (Å²) in [5, 5.41) is 0.477. The Morgan fingerprint density at radius 1 is 0.939 bits per heavy atom. The number of carbonyl (C=O) groups excluding carboxylic acids is 4. The van der Waals surface area contributed by atoms with Gasteiger partial charge in [0, 0.05) is 6.54 Å². The maximum atomic E-state index is 13.1. The molecule has 8 heteroatoms. The van der Waals surface area contributed by atoms with Gasteiger partial charge < -0.3 is 9.57 Å². The average molecular weight is 450 g/mol. The van der Waals surface area contributed by atoms with Gasteiger partial charge >= 0.3 is 12.1 Å². The number of imide groups is 1. The molecular formula is C25H26N2O6. The Morgan fingerprint density at radius 2 is 1.52 bits per heavy atom. The van der Waals surface area contributed by atoms with E-state index < -0.39 is 35.5 Å². The lowest BCUT2D eigenvalue weighted by Gasteiger charge is -2.28. The topological polar surface area (TPSA) is 93.2 Å². The van der Waals surface area contributed by atoms with Gasteiger partial charge in [0.15, 0.2) is 0 Å². The molecule has 2 aliphatic heterocycles. The first-order valence-corrected chi connectivity index (χ1v) is 10.9. The zero-order valence-corrected chi connectivity index (χ0v) is 18.8. The van der Waals surface area contributed by atoms with Crippen molar-refractivity contribution in [1.29, 1.82) is 0 Å². The van der Waals surface area contributed by atoms with E-state index in [1.54, 1.807) is 32.9 Å². The van der Waals surface area contributed by atoms with Crippen LogP contribution >= 0.6 is 0 Å². The van der Waals surface area contributed by atoms with Crippen molar-refractivity contribution in [2.75, 3.05) is 6.54 Å². The fourth-order valence-corrected chi connectivity index (χ4v) is 4.16. The molecule has 2 heterocycles. The summed E-state index contributed by atoms with van der Waals surface area (Å²) in [6.07, 6.45) is 0.356. The van der Waals surface area contributed by atoms with Crippen molar-refractivity contribution in [3.8, 4) is 0 Å². The van der Waals surface area contributed by atoms with E-state index in [2.05, 4.69) is 0 Å². The number of amides is 3. The molecule has 0 radical (unpaired) electrons. The predicted molar refractivity (Wildman–Crippen MR) is 118 cm³/mol. The van der Waals surface area contributed by atoms with E-state index in [0.29, 0.717) is 24.4 Å². The normalized spacial score (nSPS) is 20.1. The van der Waals surface area contributed by atoms with Gasteiger partial charge in [-0.1, -0.05) is 47.5 Å². The largest absolute Gasteiger partial charge is 0.444 e. The Hall–Kier alpha value is -3.68. The second kappa shape index (κ2) is 8.69. The monoisotopic (exact) mass is 450 g/mol. The number of fused-ring (bicyclic) bond motifs is 1. The average Bonchev–Trinajstić information content (AvgIpc) is 3.29. The molecule has 0 unspecified atom stereocenters. The Balaban J connectivity index is 1.52. The minimum atomic E-state index is -0.974. The smallest absolute Gasteiger partial charge is 0.411 e. The number of hydrogen-bond acceptors (Lipinski definition) is 6. The van der Waals surface area contributed by atoms with Crippen molar-refractivity contribution in [1.82, 2.24) is 9.96 Å². The standard InChI is InChI=1S/C25H26N2O6/c1-25(2,3)32-24(31)26-15-17(13-16-9-5-4-6-10-16)14-20(26)23(30)33-27-21(28)18-11-7-8-12-19(18)22(27)29/h4-12,17,20H,13-15H2,1-3H3/t17-,20-/m0/s1. The Labute approximate surface area is 192 Å². The number of likely N-dealkylation sites (tertiary alicyclic amines) is 1. The molecule has 0 N–H and O–H groups in total. The van der Waals surface area contributed by atoms with Crippen LogP contribution in [-0.4, -0.2) is 52.0 Å². The third kappa shape index (κ3) is 4.74. The van der Waals surface area contributed by atoms with Crippen molar-refractivity contribution >= 4 is 23.9 Å². The van der Waals surface area contributed by atoms with E-state index in [4.69, 9.17) is 9.57 Å². The zero-order valence-electron chi connectivity index (χ0n) is 18.8. The van der Waals surface area contributed by atoms with Crippen LogP contribution in [0.15, 0.2) is 54.6 Å². The van der Waals surface area contributed by atoms with Crippen LogP contribution in [0.4, 0.5) is 4.79 Å². The van der Waals surface area contributed by atoms with Crippen LogP contribution in [0.25, 0.3) is 0 Å². The molecule has 2 aromatic carbocycles. The summed E-state index contributed by atoms with van der Waals surface area (Å²) in [4.78, 5) is 57.7. The molecule has 0 aromatic heterocycles. The van der Waals surface area contributed by atoms with Gasteiger partial charge in [-0.2, -0.15) is 0 Å². The van der Waals surface area contributed by atoms with Gasteiger partial charge in [-0.15, -0.1) is 0 Å².